The third-order valence-corrected chi connectivity index (χ3v) is 1.98. The molecule has 1 atom stereocenters. The average Bonchev–Trinajstić information content (AvgIpc) is 1.79. The fraction of sp³-hybridized carbons (Fsp3) is 0.750. The van der Waals surface area contributed by atoms with Crippen LogP contribution in [0.1, 0.15) is 13.3 Å². The highest BCUT2D eigenvalue weighted by atomic mass is 79.9. The summed E-state index contributed by atoms with van der Waals surface area (Å²) in [4.78, 5) is 0.780. The van der Waals surface area contributed by atoms with Crippen LogP contribution in [0.3, 0.4) is 0 Å². The van der Waals surface area contributed by atoms with Crippen LogP contribution in [0.2, 0.25) is 0 Å². The van der Waals surface area contributed by atoms with E-state index in [-0.39, 0.29) is 0 Å². The average molecular weight is 134 g/mol. The summed E-state index contributed by atoms with van der Waals surface area (Å²) in [5.74, 6) is 1.59. The highest BCUT2D eigenvalue weighted by molar-refractivity contribution is 9.09. The van der Waals surface area contributed by atoms with Crippen molar-refractivity contribution >= 4 is 15.9 Å². The number of hydrogen-bond donors (Lipinski definition) is 0. The smallest absolute Gasteiger partial charge is 0.0211 e. The second-order valence-corrected chi connectivity index (χ2v) is 2.62. The molecule has 0 amide bonds. The first-order valence-corrected chi connectivity index (χ1v) is 2.68. The maximum absolute atomic E-state index is 3.41. The van der Waals surface area contributed by atoms with Crippen LogP contribution in [0.25, 0.3) is 0 Å². The summed E-state index contributed by atoms with van der Waals surface area (Å²) in [5, 5.41) is 0. The Morgan fingerprint density at radius 2 is 2.20 bits per heavy atom. The predicted molar refractivity (Wildman–Crippen MR) is 26.2 cm³/mol. The van der Waals surface area contributed by atoms with Gasteiger partial charge in [0.2, 0.25) is 0 Å². The second kappa shape index (κ2) is 0.970. The fourth-order valence-corrected chi connectivity index (χ4v) is 0.734. The fourth-order valence-electron chi connectivity index (χ4n) is 0.224. The monoisotopic (exact) mass is 133 g/mol. The Balaban J connectivity index is 2.20. The molecule has 1 fully saturated rings. The molecule has 0 N–H and O–H groups in total. The van der Waals surface area contributed by atoms with Crippen LogP contribution in [-0.2, 0) is 0 Å². The summed E-state index contributed by atoms with van der Waals surface area (Å²) in [7, 11) is 0. The van der Waals surface area contributed by atoms with Crippen molar-refractivity contribution in [1.82, 2.24) is 0 Å². The van der Waals surface area contributed by atoms with Gasteiger partial charge in [-0.15, -0.1) is 0 Å². The van der Waals surface area contributed by atoms with E-state index in [4.69, 9.17) is 0 Å². The van der Waals surface area contributed by atoms with Crippen molar-refractivity contribution in [3.8, 4) is 0 Å². The van der Waals surface area contributed by atoms with Gasteiger partial charge in [-0.25, -0.2) is 0 Å². The van der Waals surface area contributed by atoms with E-state index in [1.807, 2.05) is 0 Å². The lowest BCUT2D eigenvalue weighted by Crippen LogP contribution is -1.57. The SMILES string of the molecule is C[C]1CC1Br. The van der Waals surface area contributed by atoms with Crippen LogP contribution in [0.15, 0.2) is 0 Å². The Hall–Kier alpha value is 0.480. The van der Waals surface area contributed by atoms with Gasteiger partial charge in [0.05, 0.1) is 0 Å². The molecule has 1 rings (SSSR count). The summed E-state index contributed by atoms with van der Waals surface area (Å²) >= 11 is 3.41. The molecule has 1 heteroatoms. The molecule has 0 saturated heterocycles. The van der Waals surface area contributed by atoms with E-state index < -0.39 is 0 Å². The Morgan fingerprint density at radius 3 is 2.20 bits per heavy atom. The van der Waals surface area contributed by atoms with Gasteiger partial charge >= 0.3 is 0 Å². The van der Waals surface area contributed by atoms with Gasteiger partial charge in [0, 0.05) is 4.83 Å². The van der Waals surface area contributed by atoms with Crippen LogP contribution >= 0.6 is 15.9 Å². The Morgan fingerprint density at radius 1 is 2.00 bits per heavy atom. The van der Waals surface area contributed by atoms with Gasteiger partial charge in [0.25, 0.3) is 0 Å². The third kappa shape index (κ3) is 0.656. The zero-order valence-electron chi connectivity index (χ0n) is 3.16. The standard InChI is InChI=1S/C4H6Br/c1-3-2-4(3)5/h4H,2H2,1H3. The number of hydrogen-bond acceptors (Lipinski definition) is 0. The highest BCUT2D eigenvalue weighted by Gasteiger charge is 2.29. The van der Waals surface area contributed by atoms with Gasteiger partial charge in [0.15, 0.2) is 0 Å². The molecule has 1 radical (unpaired) electrons. The maximum atomic E-state index is 3.41. The van der Waals surface area contributed by atoms with Gasteiger partial charge < -0.3 is 0 Å². The number of rotatable bonds is 0. The normalized spacial score (nSPS) is 38.4. The van der Waals surface area contributed by atoms with E-state index in [2.05, 4.69) is 22.9 Å². The lowest BCUT2D eigenvalue weighted by atomic mass is 10.5. The van der Waals surface area contributed by atoms with Crippen molar-refractivity contribution in [2.24, 2.45) is 0 Å². The van der Waals surface area contributed by atoms with Crippen molar-refractivity contribution in [3.63, 3.8) is 0 Å². The minimum Gasteiger partial charge on any atom is -0.0884 e. The van der Waals surface area contributed by atoms with Crippen LogP contribution < -0.4 is 0 Å². The van der Waals surface area contributed by atoms with Crippen LogP contribution in [-0.4, -0.2) is 4.83 Å². The molecule has 0 spiro atoms. The molecular formula is C4H6Br. The highest BCUT2D eigenvalue weighted by Crippen LogP contribution is 2.38. The zero-order chi connectivity index (χ0) is 3.86. The van der Waals surface area contributed by atoms with Crippen molar-refractivity contribution in [2.75, 3.05) is 0 Å². The zero-order valence-corrected chi connectivity index (χ0v) is 4.75. The largest absolute Gasteiger partial charge is 0.0884 e. The van der Waals surface area contributed by atoms with Crippen LogP contribution in [0.4, 0.5) is 0 Å². The first-order chi connectivity index (χ1) is 2.30. The van der Waals surface area contributed by atoms with Gasteiger partial charge in [-0.1, -0.05) is 22.9 Å². The first-order valence-electron chi connectivity index (χ1n) is 1.77. The molecule has 5 heavy (non-hydrogen) atoms. The maximum Gasteiger partial charge on any atom is 0.0211 e. The predicted octanol–water partition coefficient (Wildman–Crippen LogP) is 1.75. The first kappa shape index (κ1) is 3.66. The molecule has 0 aromatic carbocycles. The quantitative estimate of drug-likeness (QED) is 0.442. The summed E-state index contributed by atoms with van der Waals surface area (Å²) < 4.78 is 0. The van der Waals surface area contributed by atoms with E-state index in [1.54, 1.807) is 5.92 Å². The molecule has 1 saturated carbocycles. The molecule has 1 aliphatic rings. The molecule has 0 heterocycles. The second-order valence-electron chi connectivity index (χ2n) is 1.52. The van der Waals surface area contributed by atoms with Crippen molar-refractivity contribution in [1.29, 1.82) is 0 Å². The van der Waals surface area contributed by atoms with Crippen molar-refractivity contribution in [3.05, 3.63) is 5.92 Å². The topological polar surface area (TPSA) is 0 Å². The molecule has 0 aromatic heterocycles. The minimum atomic E-state index is 0.780. The van der Waals surface area contributed by atoms with Crippen LogP contribution in [0.5, 0.6) is 0 Å². The number of halogens is 1. The van der Waals surface area contributed by atoms with Gasteiger partial charge in [-0.3, -0.25) is 0 Å². The van der Waals surface area contributed by atoms with E-state index in [1.165, 1.54) is 6.42 Å². The molecule has 1 unspecified atom stereocenters. The molecule has 0 aliphatic heterocycles. The molecule has 0 nitrogen and oxygen atoms in total. The van der Waals surface area contributed by atoms with E-state index >= 15 is 0 Å². The lowest BCUT2D eigenvalue weighted by Gasteiger charge is -1.64. The van der Waals surface area contributed by atoms with Gasteiger partial charge in [-0.2, -0.15) is 0 Å². The minimum absolute atomic E-state index is 0.780. The molecule has 29 valence electrons. The van der Waals surface area contributed by atoms with E-state index in [0.29, 0.717) is 0 Å². The van der Waals surface area contributed by atoms with Crippen molar-refractivity contribution in [2.45, 2.75) is 18.2 Å². The molecular weight excluding hydrogens is 128 g/mol. The molecule has 1 aliphatic carbocycles. The van der Waals surface area contributed by atoms with Gasteiger partial charge in [0.1, 0.15) is 0 Å². The van der Waals surface area contributed by atoms with Crippen molar-refractivity contribution < 1.29 is 0 Å². The molecule has 0 bridgehead atoms. The van der Waals surface area contributed by atoms with E-state index in [9.17, 15) is 0 Å². The summed E-state index contributed by atoms with van der Waals surface area (Å²) in [5.41, 5.74) is 0. The lowest BCUT2D eigenvalue weighted by molar-refractivity contribution is 1.40. The Kier molecular flexibility index (Phi) is 0.710. The van der Waals surface area contributed by atoms with E-state index in [0.717, 1.165) is 4.83 Å². The molecule has 0 aromatic rings. The Labute approximate surface area is 40.7 Å². The Bertz CT molecular complexity index is 36.9. The summed E-state index contributed by atoms with van der Waals surface area (Å²) in [6, 6.07) is 0. The third-order valence-electron chi connectivity index (χ3n) is 0.876. The number of alkyl halides is 1. The summed E-state index contributed by atoms with van der Waals surface area (Å²) in [6.07, 6.45) is 1.31. The van der Waals surface area contributed by atoms with Gasteiger partial charge in [-0.05, 0) is 12.3 Å². The summed E-state index contributed by atoms with van der Waals surface area (Å²) in [6.45, 7) is 2.17. The van der Waals surface area contributed by atoms with Crippen LogP contribution in [0, 0.1) is 5.92 Å².